The summed E-state index contributed by atoms with van der Waals surface area (Å²) in [7, 11) is 4.11. The first-order valence-electron chi connectivity index (χ1n) is 7.20. The molecule has 0 bridgehead atoms. The molecule has 1 aromatic rings. The lowest BCUT2D eigenvalue weighted by Gasteiger charge is -2.27. The maximum Gasteiger partial charge on any atom is 0.185 e. The van der Waals surface area contributed by atoms with E-state index < -0.39 is 0 Å². The number of rotatable bonds is 6. The highest BCUT2D eigenvalue weighted by Gasteiger charge is 2.19. The largest absolute Gasteiger partial charge is 0.376 e. The zero-order valence-electron chi connectivity index (χ0n) is 12.2. The summed E-state index contributed by atoms with van der Waals surface area (Å²) < 4.78 is 5.80. The molecule has 1 unspecified atom stereocenters. The van der Waals surface area contributed by atoms with Crippen LogP contribution in [-0.4, -0.2) is 38.3 Å². The van der Waals surface area contributed by atoms with Gasteiger partial charge in [0, 0.05) is 31.6 Å². The van der Waals surface area contributed by atoms with Gasteiger partial charge in [0.2, 0.25) is 0 Å². The van der Waals surface area contributed by atoms with Gasteiger partial charge in [0.05, 0.1) is 11.8 Å². The molecule has 5 heteroatoms. The van der Waals surface area contributed by atoms with Gasteiger partial charge in [0.25, 0.3) is 0 Å². The number of hydrogen-bond donors (Lipinski definition) is 1. The third-order valence-electron chi connectivity index (χ3n) is 3.52. The van der Waals surface area contributed by atoms with Crippen molar-refractivity contribution in [1.82, 2.24) is 10.3 Å². The number of anilines is 1. The average molecular weight is 283 g/mol. The lowest BCUT2D eigenvalue weighted by molar-refractivity contribution is 0.0216. The van der Waals surface area contributed by atoms with Crippen molar-refractivity contribution in [2.45, 2.75) is 45.3 Å². The van der Waals surface area contributed by atoms with E-state index >= 15 is 0 Å². The van der Waals surface area contributed by atoms with Gasteiger partial charge in [-0.25, -0.2) is 4.98 Å². The van der Waals surface area contributed by atoms with Gasteiger partial charge in [-0.2, -0.15) is 0 Å². The molecule has 0 saturated carbocycles. The number of aryl methyl sites for hydroxylation is 1. The number of nitrogens with zero attached hydrogens (tertiary/aromatic N) is 2. The van der Waals surface area contributed by atoms with Crippen molar-refractivity contribution in [2.75, 3.05) is 32.1 Å². The molecule has 1 aliphatic heterocycles. The van der Waals surface area contributed by atoms with E-state index in [1.54, 1.807) is 11.3 Å². The normalized spacial score (nSPS) is 19.6. The molecule has 19 heavy (non-hydrogen) atoms. The lowest BCUT2D eigenvalue weighted by Crippen LogP contribution is -2.33. The summed E-state index contributed by atoms with van der Waals surface area (Å²) in [6.07, 6.45) is 5.06. The van der Waals surface area contributed by atoms with Gasteiger partial charge in [-0.3, -0.25) is 0 Å². The van der Waals surface area contributed by atoms with E-state index in [4.69, 9.17) is 9.72 Å². The Labute approximate surface area is 120 Å². The Morgan fingerprint density at radius 1 is 1.47 bits per heavy atom. The van der Waals surface area contributed by atoms with Gasteiger partial charge in [-0.15, -0.1) is 11.3 Å². The summed E-state index contributed by atoms with van der Waals surface area (Å²) in [5, 5.41) is 4.34. The fourth-order valence-corrected chi connectivity index (χ4v) is 3.57. The molecule has 108 valence electrons. The summed E-state index contributed by atoms with van der Waals surface area (Å²) in [6, 6.07) is 0. The number of nitrogens with one attached hydrogen (secondary N) is 1. The van der Waals surface area contributed by atoms with Crippen molar-refractivity contribution in [2.24, 2.45) is 0 Å². The fraction of sp³-hybridized carbons (Fsp3) is 0.786. The Morgan fingerprint density at radius 3 is 2.95 bits per heavy atom. The summed E-state index contributed by atoms with van der Waals surface area (Å²) in [5.41, 5.74) is 1.23. The standard InChI is InChI=1S/C14H25N3OS/c1-4-12-13(9-15-2)19-14(16-12)17(3)10-11-7-5-6-8-18-11/h11,15H,4-10H2,1-3H3. The second kappa shape index (κ2) is 7.22. The van der Waals surface area contributed by atoms with Crippen LogP contribution < -0.4 is 10.2 Å². The second-order valence-electron chi connectivity index (χ2n) is 5.12. The summed E-state index contributed by atoms with van der Waals surface area (Å²) in [5.74, 6) is 0. The second-order valence-corrected chi connectivity index (χ2v) is 6.18. The first-order valence-corrected chi connectivity index (χ1v) is 8.02. The number of thiazole rings is 1. The van der Waals surface area contributed by atoms with E-state index in [1.807, 2.05) is 7.05 Å². The van der Waals surface area contributed by atoms with Crippen molar-refractivity contribution in [3.63, 3.8) is 0 Å². The molecule has 1 aliphatic rings. The smallest absolute Gasteiger partial charge is 0.185 e. The van der Waals surface area contributed by atoms with Gasteiger partial charge < -0.3 is 15.0 Å². The highest BCUT2D eigenvalue weighted by Crippen LogP contribution is 2.27. The van der Waals surface area contributed by atoms with E-state index in [1.165, 1.54) is 29.8 Å². The van der Waals surface area contributed by atoms with Gasteiger partial charge in [0.15, 0.2) is 5.13 Å². The van der Waals surface area contributed by atoms with Crippen LogP contribution >= 0.6 is 11.3 Å². The summed E-state index contributed by atoms with van der Waals surface area (Å²) in [4.78, 5) is 8.37. The quantitative estimate of drug-likeness (QED) is 0.870. The van der Waals surface area contributed by atoms with Crippen molar-refractivity contribution in [3.8, 4) is 0 Å². The van der Waals surface area contributed by atoms with Crippen molar-refractivity contribution >= 4 is 16.5 Å². The first kappa shape index (κ1) is 14.8. The van der Waals surface area contributed by atoms with Crippen molar-refractivity contribution in [3.05, 3.63) is 10.6 Å². The highest BCUT2D eigenvalue weighted by molar-refractivity contribution is 7.15. The molecule has 0 radical (unpaired) electrons. The number of ether oxygens (including phenoxy) is 1. The predicted molar refractivity (Wildman–Crippen MR) is 81.1 cm³/mol. The maximum atomic E-state index is 5.80. The molecule has 0 spiro atoms. The SMILES string of the molecule is CCc1nc(N(C)CC2CCCCO2)sc1CNC. The Bertz CT molecular complexity index is 388. The van der Waals surface area contributed by atoms with Gasteiger partial charge in [0.1, 0.15) is 0 Å². The van der Waals surface area contributed by atoms with E-state index in [9.17, 15) is 0 Å². The van der Waals surface area contributed by atoms with Crippen LogP contribution in [0, 0.1) is 0 Å². The minimum absolute atomic E-state index is 0.375. The van der Waals surface area contributed by atoms with Crippen LogP contribution in [0.4, 0.5) is 5.13 Å². The van der Waals surface area contributed by atoms with Crippen LogP contribution in [0.2, 0.25) is 0 Å². The number of likely N-dealkylation sites (N-methyl/N-ethyl adjacent to an activating group) is 1. The molecular weight excluding hydrogens is 258 g/mol. The fourth-order valence-electron chi connectivity index (χ4n) is 2.44. The van der Waals surface area contributed by atoms with Crippen molar-refractivity contribution < 1.29 is 4.74 Å². The van der Waals surface area contributed by atoms with E-state index in [0.29, 0.717) is 6.10 Å². The minimum Gasteiger partial charge on any atom is -0.376 e. The number of hydrogen-bond acceptors (Lipinski definition) is 5. The van der Waals surface area contributed by atoms with Crippen LogP contribution in [0.15, 0.2) is 0 Å². The monoisotopic (exact) mass is 283 g/mol. The topological polar surface area (TPSA) is 37.4 Å². The molecule has 1 aromatic heterocycles. The zero-order valence-corrected chi connectivity index (χ0v) is 13.1. The summed E-state index contributed by atoms with van der Waals surface area (Å²) >= 11 is 1.80. The molecular formula is C14H25N3OS. The Balaban J connectivity index is 1.99. The third-order valence-corrected chi connectivity index (χ3v) is 4.73. The molecule has 2 heterocycles. The predicted octanol–water partition coefficient (Wildman–Crippen LogP) is 2.43. The van der Waals surface area contributed by atoms with Gasteiger partial charge >= 0.3 is 0 Å². The first-order chi connectivity index (χ1) is 9.24. The van der Waals surface area contributed by atoms with E-state index in [0.717, 1.165) is 31.2 Å². The van der Waals surface area contributed by atoms with Crippen LogP contribution in [-0.2, 0) is 17.7 Å². The number of aromatic nitrogens is 1. The molecule has 1 fully saturated rings. The Morgan fingerprint density at radius 2 is 2.32 bits per heavy atom. The summed E-state index contributed by atoms with van der Waals surface area (Å²) in [6.45, 7) is 4.95. The van der Waals surface area contributed by atoms with Crippen LogP contribution in [0.3, 0.4) is 0 Å². The van der Waals surface area contributed by atoms with Crippen molar-refractivity contribution in [1.29, 1.82) is 0 Å². The molecule has 0 aliphatic carbocycles. The Hall–Kier alpha value is -0.650. The van der Waals surface area contributed by atoms with E-state index in [-0.39, 0.29) is 0 Å². The van der Waals surface area contributed by atoms with E-state index in [2.05, 4.69) is 24.2 Å². The van der Waals surface area contributed by atoms with Crippen LogP contribution in [0.25, 0.3) is 0 Å². The van der Waals surface area contributed by atoms with Gasteiger partial charge in [-0.05, 0) is 32.7 Å². The molecule has 0 amide bonds. The molecule has 1 saturated heterocycles. The molecule has 1 atom stereocenters. The zero-order chi connectivity index (χ0) is 13.7. The molecule has 0 aromatic carbocycles. The van der Waals surface area contributed by atoms with Crippen LogP contribution in [0.1, 0.15) is 36.8 Å². The maximum absolute atomic E-state index is 5.80. The molecule has 4 nitrogen and oxygen atoms in total. The lowest BCUT2D eigenvalue weighted by atomic mass is 10.1. The molecule has 1 N–H and O–H groups in total. The highest BCUT2D eigenvalue weighted by atomic mass is 32.1. The molecule has 2 rings (SSSR count). The minimum atomic E-state index is 0.375. The third kappa shape index (κ3) is 3.91. The average Bonchev–Trinajstić information content (AvgIpc) is 2.83. The Kier molecular flexibility index (Phi) is 5.60. The van der Waals surface area contributed by atoms with Gasteiger partial charge in [-0.1, -0.05) is 6.92 Å². The van der Waals surface area contributed by atoms with Crippen LogP contribution in [0.5, 0.6) is 0 Å².